The van der Waals surface area contributed by atoms with Gasteiger partial charge in [0.2, 0.25) is 0 Å². The highest BCUT2D eigenvalue weighted by molar-refractivity contribution is 7.91. The minimum Gasteiger partial charge on any atom is -0.845 e. The van der Waals surface area contributed by atoms with Gasteiger partial charge in [-0.1, -0.05) is 6.07 Å². The zero-order chi connectivity index (χ0) is 22.0. The highest BCUT2D eigenvalue weighted by atomic mass is 32.2. The van der Waals surface area contributed by atoms with Crippen LogP contribution in [0.4, 0.5) is 11.4 Å². The molecule has 31 heavy (non-hydrogen) atoms. The maximum Gasteiger partial charge on any atom is 0.345 e. The number of nitrogens with zero attached hydrogens (tertiary/aromatic N) is 4. The van der Waals surface area contributed by atoms with Crippen LogP contribution < -0.4 is 14.7 Å². The number of anilines is 2. The topological polar surface area (TPSA) is 112 Å². The van der Waals surface area contributed by atoms with Crippen molar-refractivity contribution < 1.29 is 18.3 Å². The summed E-state index contributed by atoms with van der Waals surface area (Å²) in [6, 6.07) is 1.39. The van der Waals surface area contributed by atoms with E-state index in [-0.39, 0.29) is 6.54 Å². The molecule has 168 valence electrons. The molecule has 1 aromatic carbocycles. The molecule has 0 amide bonds. The molecular weight excluding hydrogens is 418 g/mol. The monoisotopic (exact) mass is 446 g/mol. The van der Waals surface area contributed by atoms with Crippen LogP contribution in [0.5, 0.6) is 0 Å². The molecule has 1 aromatic heterocycles. The van der Waals surface area contributed by atoms with Gasteiger partial charge in [-0.05, 0) is 67.2 Å². The molecule has 0 saturated heterocycles. The van der Waals surface area contributed by atoms with E-state index >= 15 is 0 Å². The average molecular weight is 447 g/mol. The molecule has 0 saturated carbocycles. The van der Waals surface area contributed by atoms with E-state index in [0.29, 0.717) is 18.7 Å². The molecule has 0 aliphatic heterocycles. The van der Waals surface area contributed by atoms with Crippen LogP contribution in [-0.2, 0) is 47.7 Å². The molecule has 4 rings (SSSR count). The number of methoxy groups -OCH3 is 1. The average Bonchev–Trinajstić information content (AvgIpc) is 3.45. The zero-order valence-corrected chi connectivity index (χ0v) is 18.7. The third kappa shape index (κ3) is 4.54. The van der Waals surface area contributed by atoms with Gasteiger partial charge in [-0.2, -0.15) is 13.5 Å². The van der Waals surface area contributed by atoms with E-state index in [4.69, 9.17) is 4.74 Å². The number of nitrogens with one attached hydrogen (secondary N) is 1. The first-order valence-electron chi connectivity index (χ1n) is 10.6. The number of ether oxygens (including phenoxy) is 1. The van der Waals surface area contributed by atoms with Crippen LogP contribution in [0, 0.1) is 0 Å². The van der Waals surface area contributed by atoms with Crippen LogP contribution in [0.2, 0.25) is 0 Å². The van der Waals surface area contributed by atoms with E-state index in [2.05, 4.69) is 20.9 Å². The number of amidine groups is 1. The minimum atomic E-state index is -4.25. The summed E-state index contributed by atoms with van der Waals surface area (Å²) in [7, 11) is -1.00. The number of fused-ring (bicyclic) bond motifs is 2. The summed E-state index contributed by atoms with van der Waals surface area (Å²) in [5, 5.41) is 19.6. The first-order valence-corrected chi connectivity index (χ1v) is 12.0. The van der Waals surface area contributed by atoms with E-state index in [1.807, 2.05) is 0 Å². The van der Waals surface area contributed by atoms with Crippen molar-refractivity contribution in [3.05, 3.63) is 40.7 Å². The van der Waals surface area contributed by atoms with Crippen molar-refractivity contribution in [2.45, 2.75) is 44.9 Å². The Labute approximate surface area is 182 Å². The van der Waals surface area contributed by atoms with Crippen LogP contribution in [0.1, 0.15) is 41.5 Å². The second kappa shape index (κ2) is 8.88. The molecule has 0 fully saturated rings. The lowest BCUT2D eigenvalue weighted by molar-refractivity contribution is -0.213. The van der Waals surface area contributed by atoms with Gasteiger partial charge in [-0.3, -0.25) is 4.68 Å². The highest BCUT2D eigenvalue weighted by Crippen LogP contribution is 2.38. The second-order valence-corrected chi connectivity index (χ2v) is 9.54. The first-order chi connectivity index (χ1) is 14.9. The van der Waals surface area contributed by atoms with E-state index in [1.165, 1.54) is 22.0 Å². The summed E-state index contributed by atoms with van der Waals surface area (Å²) >= 11 is 0. The van der Waals surface area contributed by atoms with Gasteiger partial charge in [-0.15, -0.1) is 4.40 Å². The summed E-state index contributed by atoms with van der Waals surface area (Å²) < 4.78 is 37.3. The van der Waals surface area contributed by atoms with Crippen LogP contribution in [-0.4, -0.2) is 44.5 Å². The second-order valence-electron chi connectivity index (χ2n) is 8.02. The predicted molar refractivity (Wildman–Crippen MR) is 118 cm³/mol. The smallest absolute Gasteiger partial charge is 0.345 e. The van der Waals surface area contributed by atoms with Gasteiger partial charge in [0.1, 0.15) is 0 Å². The van der Waals surface area contributed by atoms with Crippen LogP contribution >= 0.6 is 0 Å². The van der Waals surface area contributed by atoms with Gasteiger partial charge in [-0.25, -0.2) is 4.31 Å². The summed E-state index contributed by atoms with van der Waals surface area (Å²) in [6.07, 6.45) is 9.35. The maximum absolute atomic E-state index is 13.0. The normalized spacial score (nSPS) is 15.7. The molecule has 9 nitrogen and oxygen atoms in total. The molecule has 2 aliphatic rings. The van der Waals surface area contributed by atoms with Gasteiger partial charge < -0.3 is 15.2 Å². The Hall–Kier alpha value is -2.59. The van der Waals surface area contributed by atoms with Gasteiger partial charge in [0.05, 0.1) is 17.9 Å². The van der Waals surface area contributed by atoms with E-state index < -0.39 is 16.2 Å². The fourth-order valence-corrected chi connectivity index (χ4v) is 5.59. The zero-order valence-electron chi connectivity index (χ0n) is 17.9. The van der Waals surface area contributed by atoms with E-state index in [0.717, 1.165) is 59.6 Å². The fourth-order valence-electron chi connectivity index (χ4n) is 4.52. The Balaban J connectivity index is 1.62. The largest absolute Gasteiger partial charge is 0.845 e. The lowest BCUT2D eigenvalue weighted by Gasteiger charge is -2.23. The van der Waals surface area contributed by atoms with Crippen molar-refractivity contribution in [2.24, 2.45) is 11.4 Å². The number of rotatable bonds is 8. The Bertz CT molecular complexity index is 1060. The van der Waals surface area contributed by atoms with Gasteiger partial charge in [0.15, 0.2) is 0 Å². The Morgan fingerprint density at radius 1 is 1.26 bits per heavy atom. The molecule has 10 heteroatoms. The summed E-state index contributed by atoms with van der Waals surface area (Å²) in [5.74, 6) is 0. The predicted octanol–water partition coefficient (Wildman–Crippen LogP) is 1.31. The third-order valence-electron chi connectivity index (χ3n) is 5.87. The third-order valence-corrected chi connectivity index (χ3v) is 7.22. The Morgan fingerprint density at radius 3 is 2.52 bits per heavy atom. The highest BCUT2D eigenvalue weighted by Gasteiger charge is 2.25. The molecule has 1 heterocycles. The van der Waals surface area contributed by atoms with Gasteiger partial charge in [0, 0.05) is 39.2 Å². The number of aryl methyl sites for hydroxylation is 3. The van der Waals surface area contributed by atoms with Gasteiger partial charge in [0.25, 0.3) is 0 Å². The van der Waals surface area contributed by atoms with Crippen LogP contribution in [0.25, 0.3) is 0 Å². The van der Waals surface area contributed by atoms with E-state index in [9.17, 15) is 13.5 Å². The number of benzene rings is 1. The quantitative estimate of drug-likeness (QED) is 0.372. The molecule has 0 spiro atoms. The Kier molecular flexibility index (Phi) is 6.19. The van der Waals surface area contributed by atoms with Crippen LogP contribution in [0.15, 0.2) is 22.9 Å². The van der Waals surface area contributed by atoms with Crippen molar-refractivity contribution in [3.8, 4) is 0 Å². The molecule has 0 atom stereocenters. The van der Waals surface area contributed by atoms with Crippen molar-refractivity contribution in [3.63, 3.8) is 0 Å². The summed E-state index contributed by atoms with van der Waals surface area (Å²) in [6.45, 7) is 0.523. The lowest BCUT2D eigenvalue weighted by Crippen LogP contribution is -2.36. The van der Waals surface area contributed by atoms with Crippen molar-refractivity contribution >= 4 is 27.6 Å². The van der Waals surface area contributed by atoms with Crippen molar-refractivity contribution in [2.75, 3.05) is 29.9 Å². The van der Waals surface area contributed by atoms with Crippen LogP contribution in [0.3, 0.4) is 0 Å². The van der Waals surface area contributed by atoms with Gasteiger partial charge >= 0.3 is 10.2 Å². The molecule has 2 aromatic rings. The Morgan fingerprint density at radius 2 is 1.94 bits per heavy atom. The molecule has 1 N–H and O–H groups in total. The van der Waals surface area contributed by atoms with E-state index in [1.54, 1.807) is 20.4 Å². The maximum atomic E-state index is 13.0. The van der Waals surface area contributed by atoms with Crippen molar-refractivity contribution in [1.82, 2.24) is 9.78 Å². The molecule has 0 radical (unpaired) electrons. The fraction of sp³-hybridized carbons (Fsp3) is 0.524. The first kappa shape index (κ1) is 21.6. The molecule has 0 unspecified atom stereocenters. The molecule has 2 aliphatic carbocycles. The molecule has 0 bridgehead atoms. The summed E-state index contributed by atoms with van der Waals surface area (Å²) in [4.78, 5) is 0. The number of hydrogen-bond acceptors (Lipinski definition) is 5. The van der Waals surface area contributed by atoms with Crippen molar-refractivity contribution in [1.29, 1.82) is 0 Å². The summed E-state index contributed by atoms with van der Waals surface area (Å²) in [5.41, 5.74) is 5.91. The molecular formula is C21H28N5O4S-. The number of hydrogen-bond donors (Lipinski definition) is 1. The SMILES string of the molecule is COCCCN(c1cnn(C)c1)S(=O)(=O)/N=C(\[O-])Nc1c2c(cc3c1CCC3)CCC2. The lowest BCUT2D eigenvalue weighted by atomic mass is 9.99. The number of aromatic nitrogens is 2. The standard InChI is InChI=1S/C21H29N5O4S/c1-25-14-17(13-22-25)26(10-5-11-30-2)31(28,29)24-21(27)23-20-18-8-3-6-15(18)12-16-7-4-9-19(16)20/h12-14H,3-11H2,1-2H3,(H2,23,24,27)/p-1. The minimum absolute atomic E-state index is 0.134.